The number of amides is 2. The summed E-state index contributed by atoms with van der Waals surface area (Å²) in [5.41, 5.74) is 1.02. The van der Waals surface area contributed by atoms with Crippen LogP contribution in [0.3, 0.4) is 0 Å². The lowest BCUT2D eigenvalue weighted by atomic mass is 9.94. The normalized spacial score (nSPS) is 19.8. The molecule has 1 N–H and O–H groups in total. The number of carboxylic acids is 1. The van der Waals surface area contributed by atoms with Crippen molar-refractivity contribution in [1.82, 2.24) is 4.90 Å². The number of carbonyl (C=O) groups excluding carboxylic acids is 3. The highest BCUT2D eigenvalue weighted by atomic mass is 16.5. The van der Waals surface area contributed by atoms with E-state index in [1.54, 1.807) is 36.4 Å². The van der Waals surface area contributed by atoms with E-state index in [1.807, 2.05) is 6.07 Å². The molecule has 1 aromatic carbocycles. The first-order valence-electron chi connectivity index (χ1n) is 8.15. The molecule has 3 rings (SSSR count). The smallest absolute Gasteiger partial charge is 0.327 e. The van der Waals surface area contributed by atoms with Crippen LogP contribution in [0, 0.1) is 5.92 Å². The molecule has 7 nitrogen and oxygen atoms in total. The molecule has 1 aliphatic carbocycles. The Morgan fingerprint density at radius 1 is 1.23 bits per heavy atom. The van der Waals surface area contributed by atoms with Gasteiger partial charge in [-0.1, -0.05) is 48.6 Å². The third-order valence-corrected chi connectivity index (χ3v) is 4.36. The van der Waals surface area contributed by atoms with E-state index >= 15 is 0 Å². The zero-order valence-electron chi connectivity index (χ0n) is 13.8. The summed E-state index contributed by atoms with van der Waals surface area (Å²) >= 11 is 0. The molecule has 0 spiro atoms. The average Bonchev–Trinajstić information content (AvgIpc) is 2.90. The fourth-order valence-corrected chi connectivity index (χ4v) is 3.03. The van der Waals surface area contributed by atoms with Gasteiger partial charge in [0, 0.05) is 5.57 Å². The molecule has 2 atom stereocenters. The lowest BCUT2D eigenvalue weighted by Gasteiger charge is -2.22. The van der Waals surface area contributed by atoms with Crippen LogP contribution in [0.4, 0.5) is 0 Å². The van der Waals surface area contributed by atoms with Crippen molar-refractivity contribution in [2.75, 3.05) is 0 Å². The van der Waals surface area contributed by atoms with E-state index in [2.05, 4.69) is 0 Å². The Morgan fingerprint density at radius 2 is 1.96 bits per heavy atom. The predicted octanol–water partition coefficient (Wildman–Crippen LogP) is 1.44. The van der Waals surface area contributed by atoms with E-state index < -0.39 is 42.1 Å². The molecule has 2 aliphatic rings. The van der Waals surface area contributed by atoms with Crippen LogP contribution in [0.15, 0.2) is 54.1 Å². The van der Waals surface area contributed by atoms with Gasteiger partial charge in [0.25, 0.3) is 5.91 Å². The second-order valence-electron chi connectivity index (χ2n) is 6.06. The molecular weight excluding hydrogens is 338 g/mol. The average molecular weight is 355 g/mol. The van der Waals surface area contributed by atoms with Crippen LogP contribution in [0.2, 0.25) is 0 Å². The first kappa shape index (κ1) is 17.6. The molecule has 0 bridgehead atoms. The second kappa shape index (κ2) is 7.35. The maximum atomic E-state index is 12.5. The number of carboxylic acid groups (broad SMARTS) is 1. The van der Waals surface area contributed by atoms with Gasteiger partial charge in [-0.15, -0.1) is 0 Å². The van der Waals surface area contributed by atoms with Gasteiger partial charge in [0.05, 0.1) is 12.3 Å². The van der Waals surface area contributed by atoms with Gasteiger partial charge in [-0.25, -0.2) is 4.79 Å². The van der Waals surface area contributed by atoms with Gasteiger partial charge < -0.3 is 9.84 Å². The maximum absolute atomic E-state index is 12.5. The topological polar surface area (TPSA) is 101 Å². The van der Waals surface area contributed by atoms with Gasteiger partial charge in [-0.3, -0.25) is 19.3 Å². The molecule has 0 aromatic heterocycles. The summed E-state index contributed by atoms with van der Waals surface area (Å²) in [4.78, 5) is 49.3. The third-order valence-electron chi connectivity index (χ3n) is 4.36. The zero-order valence-corrected chi connectivity index (χ0v) is 13.8. The number of ether oxygens (including phenoxy) is 1. The number of rotatable bonds is 6. The molecular formula is C19H17NO6. The number of hydrogen-bond donors (Lipinski definition) is 1. The second-order valence-corrected chi connectivity index (χ2v) is 6.06. The quantitative estimate of drug-likeness (QED) is 0.612. The van der Waals surface area contributed by atoms with Crippen LogP contribution < -0.4 is 0 Å². The summed E-state index contributed by atoms with van der Waals surface area (Å²) in [7, 11) is 0. The van der Waals surface area contributed by atoms with Gasteiger partial charge in [0.2, 0.25) is 5.91 Å². The van der Waals surface area contributed by atoms with Gasteiger partial charge >= 0.3 is 11.9 Å². The molecule has 1 heterocycles. The Labute approximate surface area is 149 Å². The highest BCUT2D eigenvalue weighted by molar-refractivity contribution is 6.17. The standard InChI is InChI=1S/C19H17NO6/c21-16(26-11-12-6-2-1-3-7-12)10-15(19(24)25)20-17(22)13-8-4-5-9-14(13)18(20)23/h1-8,14-15H,9-11H2,(H,24,25)/t14?,15-/m0/s1. The minimum Gasteiger partial charge on any atom is -0.480 e. The molecule has 1 aromatic rings. The lowest BCUT2D eigenvalue weighted by molar-refractivity contribution is -0.159. The van der Waals surface area contributed by atoms with Crippen LogP contribution in [0.5, 0.6) is 0 Å². The van der Waals surface area contributed by atoms with E-state index in [0.29, 0.717) is 11.3 Å². The SMILES string of the molecule is O=C(C[C@@H](C(=O)O)N1C(=O)C2=CC=CCC2C1=O)OCc1ccccc1. The Kier molecular flexibility index (Phi) is 4.97. The maximum Gasteiger partial charge on any atom is 0.327 e. The number of esters is 1. The van der Waals surface area contributed by atoms with Crippen LogP contribution in [-0.2, 0) is 30.5 Å². The van der Waals surface area contributed by atoms with Crippen molar-refractivity contribution in [2.45, 2.75) is 25.5 Å². The van der Waals surface area contributed by atoms with Gasteiger partial charge in [-0.2, -0.15) is 0 Å². The first-order chi connectivity index (χ1) is 12.5. The number of likely N-dealkylation sites (tertiary alicyclic amines) is 1. The Balaban J connectivity index is 1.69. The fraction of sp³-hybridized carbons (Fsp3) is 0.263. The fourth-order valence-electron chi connectivity index (χ4n) is 3.03. The van der Waals surface area contributed by atoms with E-state index in [1.165, 1.54) is 6.08 Å². The van der Waals surface area contributed by atoms with Crippen molar-refractivity contribution in [2.24, 2.45) is 5.92 Å². The molecule has 0 saturated carbocycles. The third kappa shape index (κ3) is 3.42. The first-order valence-corrected chi connectivity index (χ1v) is 8.15. The number of nitrogens with zero attached hydrogens (tertiary/aromatic N) is 1. The van der Waals surface area contributed by atoms with Crippen molar-refractivity contribution in [3.63, 3.8) is 0 Å². The Hall–Kier alpha value is -3.22. The number of carbonyl (C=O) groups is 4. The van der Waals surface area contributed by atoms with Gasteiger partial charge in [-0.05, 0) is 12.0 Å². The van der Waals surface area contributed by atoms with E-state index in [-0.39, 0.29) is 12.2 Å². The van der Waals surface area contributed by atoms with Crippen molar-refractivity contribution >= 4 is 23.8 Å². The number of imide groups is 1. The summed E-state index contributed by atoms with van der Waals surface area (Å²) in [6.07, 6.45) is 4.67. The summed E-state index contributed by atoms with van der Waals surface area (Å²) in [6.45, 7) is -0.00833. The number of fused-ring (bicyclic) bond motifs is 1. The lowest BCUT2D eigenvalue weighted by Crippen LogP contribution is -2.46. The Morgan fingerprint density at radius 3 is 2.62 bits per heavy atom. The number of benzene rings is 1. The zero-order chi connectivity index (χ0) is 18.7. The van der Waals surface area contributed by atoms with Crippen molar-refractivity contribution < 1.29 is 29.0 Å². The summed E-state index contributed by atoms with van der Waals surface area (Å²) in [6, 6.07) is 7.34. The van der Waals surface area contributed by atoms with Crippen LogP contribution in [0.1, 0.15) is 18.4 Å². The highest BCUT2D eigenvalue weighted by Crippen LogP contribution is 2.33. The van der Waals surface area contributed by atoms with Crippen molar-refractivity contribution in [1.29, 1.82) is 0 Å². The molecule has 2 amide bonds. The minimum absolute atomic E-state index is 0.00833. The van der Waals surface area contributed by atoms with Crippen LogP contribution in [0.25, 0.3) is 0 Å². The molecule has 26 heavy (non-hydrogen) atoms. The van der Waals surface area contributed by atoms with Gasteiger partial charge in [0.15, 0.2) is 0 Å². The molecule has 0 radical (unpaired) electrons. The van der Waals surface area contributed by atoms with E-state index in [9.17, 15) is 24.3 Å². The van der Waals surface area contributed by atoms with Crippen LogP contribution >= 0.6 is 0 Å². The number of hydrogen-bond acceptors (Lipinski definition) is 5. The number of allylic oxidation sites excluding steroid dienone is 3. The molecule has 1 fully saturated rings. The monoisotopic (exact) mass is 355 g/mol. The molecule has 1 saturated heterocycles. The molecule has 7 heteroatoms. The van der Waals surface area contributed by atoms with Gasteiger partial charge in [0.1, 0.15) is 12.6 Å². The summed E-state index contributed by atoms with van der Waals surface area (Å²) in [5.74, 6) is -4.13. The largest absolute Gasteiger partial charge is 0.480 e. The summed E-state index contributed by atoms with van der Waals surface area (Å²) in [5, 5.41) is 9.45. The molecule has 1 unspecified atom stereocenters. The molecule has 1 aliphatic heterocycles. The van der Waals surface area contributed by atoms with E-state index in [4.69, 9.17) is 4.74 Å². The highest BCUT2D eigenvalue weighted by Gasteiger charge is 2.48. The summed E-state index contributed by atoms with van der Waals surface area (Å²) < 4.78 is 5.08. The molecule has 134 valence electrons. The van der Waals surface area contributed by atoms with Crippen molar-refractivity contribution in [3.05, 3.63) is 59.7 Å². The van der Waals surface area contributed by atoms with Crippen molar-refractivity contribution in [3.8, 4) is 0 Å². The van der Waals surface area contributed by atoms with E-state index in [0.717, 1.165) is 5.56 Å². The number of aliphatic carboxylic acids is 1. The predicted molar refractivity (Wildman–Crippen MR) is 89.5 cm³/mol. The Bertz CT molecular complexity index is 811. The van der Waals surface area contributed by atoms with Crippen LogP contribution in [-0.4, -0.2) is 39.8 Å². The minimum atomic E-state index is -1.58.